The summed E-state index contributed by atoms with van der Waals surface area (Å²) < 4.78 is 7.26. The van der Waals surface area contributed by atoms with Gasteiger partial charge in [-0.25, -0.2) is 9.67 Å². The fraction of sp³-hybridized carbons (Fsp3) is 0.333. The smallest absolute Gasteiger partial charge is 0.288 e. The number of hydrogen-bond acceptors (Lipinski definition) is 7. The zero-order valence-electron chi connectivity index (χ0n) is 15.4. The zero-order valence-corrected chi connectivity index (χ0v) is 17.1. The summed E-state index contributed by atoms with van der Waals surface area (Å²) in [4.78, 5) is 18.4. The molecule has 142 valence electrons. The molecule has 0 saturated heterocycles. The molecule has 0 spiro atoms. The summed E-state index contributed by atoms with van der Waals surface area (Å²) in [5.74, 6) is 0.472. The van der Waals surface area contributed by atoms with Crippen molar-refractivity contribution in [3.05, 3.63) is 62.2 Å². The third-order valence-corrected chi connectivity index (χ3v) is 5.03. The topological polar surface area (TPSA) is 76.2 Å². The largest absolute Gasteiger partial charge is 0.414 e. The summed E-state index contributed by atoms with van der Waals surface area (Å²) in [6.07, 6.45) is 0.533. The second-order valence-corrected chi connectivity index (χ2v) is 7.64. The molecule has 0 bridgehead atoms. The molecule has 3 rings (SSSR count). The molecule has 0 aliphatic carbocycles. The molecule has 2 heterocycles. The quantitative estimate of drug-likeness (QED) is 0.611. The fourth-order valence-electron chi connectivity index (χ4n) is 2.65. The van der Waals surface area contributed by atoms with Gasteiger partial charge in [-0.05, 0) is 43.9 Å². The van der Waals surface area contributed by atoms with E-state index < -0.39 is 0 Å². The molecule has 1 N–H and O–H groups in total. The Labute approximate surface area is 166 Å². The lowest BCUT2D eigenvalue weighted by atomic mass is 10.1. The number of rotatable bonds is 7. The number of thiazole rings is 1. The Morgan fingerprint density at radius 2 is 2.11 bits per heavy atom. The van der Waals surface area contributed by atoms with Gasteiger partial charge in [-0.15, -0.1) is 16.4 Å². The van der Waals surface area contributed by atoms with E-state index in [1.165, 1.54) is 0 Å². The van der Waals surface area contributed by atoms with Crippen molar-refractivity contribution < 1.29 is 9.21 Å². The predicted octanol–water partition coefficient (Wildman–Crippen LogP) is 3.01. The highest BCUT2D eigenvalue weighted by atomic mass is 32.1. The van der Waals surface area contributed by atoms with Crippen LogP contribution in [0.4, 0.5) is 0 Å². The summed E-state index contributed by atoms with van der Waals surface area (Å²) in [6, 6.07) is 7.52. The van der Waals surface area contributed by atoms with Gasteiger partial charge >= 0.3 is 0 Å². The highest BCUT2D eigenvalue weighted by Gasteiger charge is 2.11. The molecule has 7 nitrogen and oxygen atoms in total. The van der Waals surface area contributed by atoms with Crippen molar-refractivity contribution in [3.8, 4) is 0 Å². The number of carbonyl (C=O) groups excluding carboxylic acids is 1. The van der Waals surface area contributed by atoms with E-state index in [2.05, 4.69) is 20.3 Å². The van der Waals surface area contributed by atoms with E-state index in [0.717, 1.165) is 16.3 Å². The van der Waals surface area contributed by atoms with Crippen molar-refractivity contribution >= 4 is 29.5 Å². The molecule has 0 unspecified atom stereocenters. The SMILES string of the molecule is CNC(=O)c1ccc(CN(C)Cn2nc(Cc3csc(C)n3)oc2=S)cc1. The van der Waals surface area contributed by atoms with Crippen molar-refractivity contribution in [2.24, 2.45) is 0 Å². The highest BCUT2D eigenvalue weighted by Crippen LogP contribution is 2.13. The molecule has 0 fully saturated rings. The van der Waals surface area contributed by atoms with Crippen LogP contribution in [0.25, 0.3) is 0 Å². The molecule has 1 aromatic carbocycles. The maximum atomic E-state index is 11.6. The van der Waals surface area contributed by atoms with Crippen molar-refractivity contribution in [1.29, 1.82) is 0 Å². The van der Waals surface area contributed by atoms with Crippen molar-refractivity contribution in [3.63, 3.8) is 0 Å². The van der Waals surface area contributed by atoms with E-state index in [0.29, 0.717) is 35.9 Å². The van der Waals surface area contributed by atoms with Gasteiger partial charge in [0.25, 0.3) is 10.7 Å². The van der Waals surface area contributed by atoms with E-state index in [1.807, 2.05) is 43.6 Å². The fourth-order valence-corrected chi connectivity index (χ4v) is 3.46. The number of aromatic nitrogens is 3. The van der Waals surface area contributed by atoms with Gasteiger partial charge < -0.3 is 9.73 Å². The normalized spacial score (nSPS) is 11.1. The van der Waals surface area contributed by atoms with Gasteiger partial charge in [0, 0.05) is 24.5 Å². The second kappa shape index (κ2) is 8.55. The molecule has 0 aliphatic rings. The van der Waals surface area contributed by atoms with E-state index in [4.69, 9.17) is 16.6 Å². The number of nitrogens with zero attached hydrogens (tertiary/aromatic N) is 4. The zero-order chi connectivity index (χ0) is 19.4. The van der Waals surface area contributed by atoms with Crippen LogP contribution in [0.5, 0.6) is 0 Å². The van der Waals surface area contributed by atoms with Crippen LogP contribution in [0, 0.1) is 11.8 Å². The van der Waals surface area contributed by atoms with E-state index in [-0.39, 0.29) is 5.91 Å². The van der Waals surface area contributed by atoms with Gasteiger partial charge in [0.1, 0.15) is 0 Å². The lowest BCUT2D eigenvalue weighted by Crippen LogP contribution is -2.22. The first-order valence-corrected chi connectivity index (χ1v) is 9.71. The number of carbonyl (C=O) groups is 1. The maximum absolute atomic E-state index is 11.6. The molecular formula is C18H21N5O2S2. The van der Waals surface area contributed by atoms with Crippen molar-refractivity contribution in [2.45, 2.75) is 26.6 Å². The van der Waals surface area contributed by atoms with Gasteiger partial charge in [-0.2, -0.15) is 0 Å². The van der Waals surface area contributed by atoms with Crippen molar-refractivity contribution in [1.82, 2.24) is 25.0 Å². The average Bonchev–Trinajstić information content (AvgIpc) is 3.20. The molecule has 9 heteroatoms. The van der Waals surface area contributed by atoms with Crippen LogP contribution >= 0.6 is 23.6 Å². The molecule has 3 aromatic rings. The van der Waals surface area contributed by atoms with Gasteiger partial charge in [0.15, 0.2) is 0 Å². The van der Waals surface area contributed by atoms with Crippen LogP contribution in [-0.4, -0.2) is 39.7 Å². The number of hydrogen-bond donors (Lipinski definition) is 1. The van der Waals surface area contributed by atoms with Crippen LogP contribution in [0.15, 0.2) is 34.1 Å². The van der Waals surface area contributed by atoms with Crippen LogP contribution in [0.2, 0.25) is 0 Å². The summed E-state index contributed by atoms with van der Waals surface area (Å²) in [7, 11) is 3.60. The monoisotopic (exact) mass is 403 g/mol. The average molecular weight is 404 g/mol. The minimum Gasteiger partial charge on any atom is -0.414 e. The molecular weight excluding hydrogens is 382 g/mol. The Morgan fingerprint density at radius 3 is 2.74 bits per heavy atom. The van der Waals surface area contributed by atoms with Crippen LogP contribution in [-0.2, 0) is 19.6 Å². The summed E-state index contributed by atoms with van der Waals surface area (Å²) in [6.45, 7) is 3.18. The van der Waals surface area contributed by atoms with Gasteiger partial charge in [-0.1, -0.05) is 12.1 Å². The molecule has 27 heavy (non-hydrogen) atoms. The predicted molar refractivity (Wildman–Crippen MR) is 106 cm³/mol. The standard InChI is InChI=1S/C18H21N5O2S2/c1-12-20-15(10-27-12)8-16-21-23(18(26)25-16)11-22(3)9-13-4-6-14(7-5-13)17(24)19-2/h4-7,10H,8-9,11H2,1-3H3,(H,19,24). The van der Waals surface area contributed by atoms with Crippen LogP contribution < -0.4 is 5.32 Å². The first-order chi connectivity index (χ1) is 12.9. The molecule has 0 aliphatic heterocycles. The molecule has 0 saturated carbocycles. The number of nitrogens with one attached hydrogen (secondary N) is 1. The summed E-state index contributed by atoms with van der Waals surface area (Å²) >= 11 is 6.89. The Kier molecular flexibility index (Phi) is 6.15. The van der Waals surface area contributed by atoms with E-state index in [9.17, 15) is 4.79 Å². The Bertz CT molecular complexity index is 974. The number of benzene rings is 1. The van der Waals surface area contributed by atoms with Gasteiger partial charge in [0.05, 0.1) is 23.8 Å². The Balaban J connectivity index is 1.61. The first-order valence-electron chi connectivity index (χ1n) is 8.42. The Morgan fingerprint density at radius 1 is 1.37 bits per heavy atom. The van der Waals surface area contributed by atoms with E-state index in [1.54, 1.807) is 23.1 Å². The van der Waals surface area contributed by atoms with Crippen LogP contribution in [0.3, 0.4) is 0 Å². The maximum Gasteiger partial charge on any atom is 0.288 e. The molecule has 0 atom stereocenters. The number of amides is 1. The highest BCUT2D eigenvalue weighted by molar-refractivity contribution is 7.71. The number of aryl methyl sites for hydroxylation is 1. The Hall–Kier alpha value is -2.36. The molecule has 0 radical (unpaired) electrons. The molecule has 1 amide bonds. The minimum absolute atomic E-state index is 0.0911. The summed E-state index contributed by atoms with van der Waals surface area (Å²) in [5, 5.41) is 10.1. The van der Waals surface area contributed by atoms with Crippen molar-refractivity contribution in [2.75, 3.05) is 14.1 Å². The van der Waals surface area contributed by atoms with E-state index >= 15 is 0 Å². The first kappa shape index (κ1) is 19.4. The third-order valence-electron chi connectivity index (χ3n) is 3.92. The minimum atomic E-state index is -0.0911. The molecule has 2 aromatic heterocycles. The lowest BCUT2D eigenvalue weighted by Gasteiger charge is -2.16. The third kappa shape index (κ3) is 5.09. The van der Waals surface area contributed by atoms with Crippen LogP contribution in [0.1, 0.15) is 32.5 Å². The van der Waals surface area contributed by atoms with Gasteiger partial charge in [0.2, 0.25) is 5.89 Å². The second-order valence-electron chi connectivity index (χ2n) is 6.23. The summed E-state index contributed by atoms with van der Waals surface area (Å²) in [5.41, 5.74) is 2.67. The lowest BCUT2D eigenvalue weighted by molar-refractivity contribution is 0.0963. The van der Waals surface area contributed by atoms with Gasteiger partial charge in [-0.3, -0.25) is 9.69 Å².